The molecule has 0 bridgehead atoms. The number of benzene rings is 1. The predicted octanol–water partition coefficient (Wildman–Crippen LogP) is 4.07. The Hall–Kier alpha value is -3.91. The average Bonchev–Trinajstić information content (AvgIpc) is 3.59. The van der Waals surface area contributed by atoms with Gasteiger partial charge < -0.3 is 19.9 Å². The zero-order chi connectivity index (χ0) is 24.5. The summed E-state index contributed by atoms with van der Waals surface area (Å²) >= 11 is 6.16. The van der Waals surface area contributed by atoms with E-state index in [1.165, 1.54) is 15.3 Å². The molecule has 0 unspecified atom stereocenters. The van der Waals surface area contributed by atoms with Gasteiger partial charge >= 0.3 is 5.92 Å². The molecule has 9 nitrogen and oxygen atoms in total. The molecule has 4 aromatic rings. The molecule has 0 radical (unpaired) electrons. The number of aromatic nitrogens is 4. The van der Waals surface area contributed by atoms with Crippen LogP contribution in [0.1, 0.15) is 18.4 Å². The lowest BCUT2D eigenvalue weighted by molar-refractivity contribution is -0.0579. The standard InChI is InChI=1S/C23H18ClF2N7O2/c1-32-15-5-4-13(29-17-7-16(24)30-21-12(8-27)9-28-33(17)21)6-14(15)18-19(22(32)34)35-10-23(25,26)20(31-18)11-2-3-11/h4-7,9,11,20,29,31H,2-3,10H2,1H3/t20-/m0/s1. The van der Waals surface area contributed by atoms with E-state index in [0.717, 1.165) is 0 Å². The maximum Gasteiger partial charge on any atom is 0.301 e. The number of ether oxygens (including phenoxy) is 1. The van der Waals surface area contributed by atoms with Crippen LogP contribution in [0.5, 0.6) is 5.75 Å². The van der Waals surface area contributed by atoms with E-state index >= 15 is 0 Å². The van der Waals surface area contributed by atoms with Crippen LogP contribution < -0.4 is 20.9 Å². The van der Waals surface area contributed by atoms with Crippen LogP contribution in [0.2, 0.25) is 5.15 Å². The Morgan fingerprint density at radius 3 is 2.89 bits per heavy atom. The summed E-state index contributed by atoms with van der Waals surface area (Å²) in [4.78, 5) is 17.1. The largest absolute Gasteiger partial charge is 0.480 e. The van der Waals surface area contributed by atoms with Crippen molar-refractivity contribution in [3.05, 3.63) is 51.5 Å². The van der Waals surface area contributed by atoms with E-state index in [2.05, 4.69) is 20.7 Å². The third-order valence-corrected chi connectivity index (χ3v) is 6.64. The van der Waals surface area contributed by atoms with Crippen molar-refractivity contribution in [2.45, 2.75) is 24.8 Å². The maximum absolute atomic E-state index is 14.8. The zero-order valence-electron chi connectivity index (χ0n) is 18.3. The van der Waals surface area contributed by atoms with Gasteiger partial charge in [-0.3, -0.25) is 4.79 Å². The number of anilines is 3. The normalized spacial score (nSPS) is 18.9. The van der Waals surface area contributed by atoms with Crippen LogP contribution >= 0.6 is 11.6 Å². The Kier molecular flexibility index (Phi) is 4.66. The summed E-state index contributed by atoms with van der Waals surface area (Å²) in [6.07, 6.45) is 2.79. The average molecular weight is 498 g/mol. The van der Waals surface area contributed by atoms with Gasteiger partial charge in [0.1, 0.15) is 22.6 Å². The smallest absolute Gasteiger partial charge is 0.301 e. The van der Waals surface area contributed by atoms with Crippen LogP contribution in [0, 0.1) is 17.2 Å². The molecule has 4 heterocycles. The lowest BCUT2D eigenvalue weighted by atomic mass is 10.0. The Balaban J connectivity index is 1.50. The molecular weight excluding hydrogens is 480 g/mol. The highest BCUT2D eigenvalue weighted by molar-refractivity contribution is 6.29. The Bertz CT molecular complexity index is 1620. The number of aryl methyl sites for hydroxylation is 1. The first-order valence-corrected chi connectivity index (χ1v) is 11.3. The Morgan fingerprint density at radius 2 is 2.14 bits per heavy atom. The SMILES string of the molecule is Cn1c(=O)c2c(c3cc(Nc4cc(Cl)nc5c(C#N)cnn45)ccc31)N[C@@H](C1CC1)C(F)(F)CO2. The fourth-order valence-corrected chi connectivity index (χ4v) is 4.72. The first kappa shape index (κ1) is 21.6. The van der Waals surface area contributed by atoms with Crippen molar-refractivity contribution in [1.29, 1.82) is 5.26 Å². The number of alkyl halides is 2. The molecule has 3 aromatic heterocycles. The van der Waals surface area contributed by atoms with Crippen molar-refractivity contribution in [1.82, 2.24) is 19.2 Å². The van der Waals surface area contributed by atoms with Crippen LogP contribution in [0.3, 0.4) is 0 Å². The molecule has 12 heteroatoms. The second-order valence-corrected chi connectivity index (χ2v) is 9.19. The van der Waals surface area contributed by atoms with Crippen LogP contribution in [-0.4, -0.2) is 37.7 Å². The van der Waals surface area contributed by atoms with Crippen LogP contribution in [0.15, 0.2) is 35.3 Å². The number of nitrogens with zero attached hydrogens (tertiary/aromatic N) is 5. The van der Waals surface area contributed by atoms with E-state index in [1.54, 1.807) is 31.3 Å². The van der Waals surface area contributed by atoms with Gasteiger partial charge in [0.25, 0.3) is 5.56 Å². The molecule has 35 heavy (non-hydrogen) atoms. The van der Waals surface area contributed by atoms with Crippen molar-refractivity contribution in [3.63, 3.8) is 0 Å². The van der Waals surface area contributed by atoms with E-state index in [-0.39, 0.29) is 28.1 Å². The molecule has 1 aromatic carbocycles. The first-order valence-electron chi connectivity index (χ1n) is 10.9. The molecule has 0 saturated heterocycles. The number of hydrogen-bond acceptors (Lipinski definition) is 7. The summed E-state index contributed by atoms with van der Waals surface area (Å²) in [5.41, 5.74) is 1.46. The summed E-state index contributed by atoms with van der Waals surface area (Å²) in [6, 6.07) is 7.66. The second kappa shape index (κ2) is 7.55. The maximum atomic E-state index is 14.8. The van der Waals surface area contributed by atoms with Crippen molar-refractivity contribution < 1.29 is 13.5 Å². The van der Waals surface area contributed by atoms with Gasteiger partial charge in [-0.15, -0.1) is 0 Å². The van der Waals surface area contributed by atoms with E-state index in [4.69, 9.17) is 16.3 Å². The minimum absolute atomic E-state index is 0.125. The lowest BCUT2D eigenvalue weighted by Crippen LogP contribution is -2.44. The van der Waals surface area contributed by atoms with Crippen LogP contribution in [-0.2, 0) is 7.05 Å². The first-order chi connectivity index (χ1) is 16.8. The fraction of sp³-hybridized carbons (Fsp3) is 0.304. The van der Waals surface area contributed by atoms with Crippen LogP contribution in [0.4, 0.5) is 26.0 Å². The van der Waals surface area contributed by atoms with Gasteiger partial charge in [-0.05, 0) is 37.0 Å². The summed E-state index contributed by atoms with van der Waals surface area (Å²) in [5.74, 6) is -2.98. The monoisotopic (exact) mass is 497 g/mol. The topological polar surface area (TPSA) is 109 Å². The Morgan fingerprint density at radius 1 is 1.34 bits per heavy atom. The van der Waals surface area contributed by atoms with Gasteiger partial charge in [0.2, 0.25) is 5.75 Å². The highest BCUT2D eigenvalue weighted by Gasteiger charge is 2.51. The summed E-state index contributed by atoms with van der Waals surface area (Å²) in [5, 5.41) is 20.4. The van der Waals surface area contributed by atoms with Gasteiger partial charge in [-0.2, -0.15) is 14.9 Å². The molecule has 0 amide bonds. The van der Waals surface area contributed by atoms with Gasteiger partial charge in [0.05, 0.1) is 23.4 Å². The fourth-order valence-electron chi connectivity index (χ4n) is 4.54. The molecule has 1 saturated carbocycles. The molecule has 2 N–H and O–H groups in total. The third kappa shape index (κ3) is 3.44. The predicted molar refractivity (Wildman–Crippen MR) is 126 cm³/mol. The number of halogens is 3. The van der Waals surface area contributed by atoms with Gasteiger partial charge in [-0.1, -0.05) is 11.6 Å². The molecule has 0 spiro atoms. The number of nitrogens with one attached hydrogen (secondary N) is 2. The molecule has 2 aliphatic rings. The van der Waals surface area contributed by atoms with E-state index in [9.17, 15) is 18.8 Å². The molecule has 1 aliphatic carbocycles. The van der Waals surface area contributed by atoms with Gasteiger partial charge in [0, 0.05) is 24.2 Å². The lowest BCUT2D eigenvalue weighted by Gasteiger charge is -2.25. The van der Waals surface area contributed by atoms with Crippen molar-refractivity contribution >= 4 is 45.3 Å². The minimum atomic E-state index is -3.12. The number of rotatable bonds is 3. The highest BCUT2D eigenvalue weighted by Crippen LogP contribution is 2.45. The van der Waals surface area contributed by atoms with Crippen molar-refractivity contribution in [2.75, 3.05) is 17.2 Å². The third-order valence-electron chi connectivity index (χ3n) is 6.44. The molecule has 1 atom stereocenters. The highest BCUT2D eigenvalue weighted by atomic mass is 35.5. The summed E-state index contributed by atoms with van der Waals surface area (Å²) in [6.45, 7) is -0.860. The molecule has 1 aliphatic heterocycles. The quantitative estimate of drug-likeness (QED) is 0.411. The summed E-state index contributed by atoms with van der Waals surface area (Å²) in [7, 11) is 1.57. The van der Waals surface area contributed by atoms with Gasteiger partial charge in [0.15, 0.2) is 12.3 Å². The molecule has 178 valence electrons. The van der Waals surface area contributed by atoms with Crippen LogP contribution in [0.25, 0.3) is 16.6 Å². The van der Waals surface area contributed by atoms with Crippen molar-refractivity contribution in [3.8, 4) is 11.8 Å². The minimum Gasteiger partial charge on any atom is -0.480 e. The van der Waals surface area contributed by atoms with Crippen molar-refractivity contribution in [2.24, 2.45) is 13.0 Å². The van der Waals surface area contributed by atoms with Gasteiger partial charge in [-0.25, -0.2) is 13.8 Å². The number of nitriles is 1. The number of hydrogen-bond donors (Lipinski definition) is 2. The molecule has 1 fully saturated rings. The summed E-state index contributed by atoms with van der Waals surface area (Å²) < 4.78 is 37.9. The Labute approximate surface area is 201 Å². The van der Waals surface area contributed by atoms with E-state index in [0.29, 0.717) is 40.9 Å². The van der Waals surface area contributed by atoms with E-state index < -0.39 is 24.1 Å². The number of pyridine rings is 1. The number of fused-ring (bicyclic) bond motifs is 4. The zero-order valence-corrected chi connectivity index (χ0v) is 19.1. The second-order valence-electron chi connectivity index (χ2n) is 8.80. The van der Waals surface area contributed by atoms with E-state index in [1.807, 2.05) is 6.07 Å². The molecule has 6 rings (SSSR count). The molecular formula is C23H18ClF2N7O2.